The van der Waals surface area contributed by atoms with Crippen LogP contribution in [0.1, 0.15) is 35.0 Å². The number of rotatable bonds is 11. The predicted molar refractivity (Wildman–Crippen MR) is 168 cm³/mol. The Morgan fingerprint density at radius 2 is 1.70 bits per heavy atom. The van der Waals surface area contributed by atoms with Gasteiger partial charge in [-0.05, 0) is 72.7 Å². The summed E-state index contributed by atoms with van der Waals surface area (Å²) < 4.78 is 45.1. The van der Waals surface area contributed by atoms with E-state index in [1.165, 1.54) is 36.5 Å². The molecular formula is C32H28ClF3N6O4. The number of pyridine rings is 2. The topological polar surface area (TPSA) is 134 Å². The molecule has 4 aromatic rings. The molecule has 4 N–H and O–H groups in total. The molecule has 2 aromatic carbocycles. The second-order valence-corrected chi connectivity index (χ2v) is 10.1. The van der Waals surface area contributed by atoms with E-state index in [2.05, 4.69) is 31.2 Å². The largest absolute Gasteiger partial charge is 0.457 e. The molecule has 4 rings (SSSR count). The molecule has 4 amide bonds. The summed E-state index contributed by atoms with van der Waals surface area (Å²) in [5.74, 6) is -0.0640. The van der Waals surface area contributed by atoms with Crippen LogP contribution in [0.2, 0.25) is 5.02 Å². The zero-order valence-electron chi connectivity index (χ0n) is 24.3. The standard InChI is InChI=1S/C32H28ClF3N6O4/c1-2-21(40-29(43)12-5-20-4-3-14-37-18-20)19-39-30(44)28-17-25(13-15-38-28)46-24-9-6-22(7-10-24)41-31(45)42-23-8-11-27(33)26(16-23)32(34,35)36/h3-18,21H,2,19H2,1H3,(H,39,44)(H,40,43)(H2,41,42,45). The Hall–Kier alpha value is -5.43. The normalized spacial score (nSPS) is 11.8. The third kappa shape index (κ3) is 10.1. The molecule has 46 heavy (non-hydrogen) atoms. The van der Waals surface area contributed by atoms with Gasteiger partial charge in [-0.2, -0.15) is 13.2 Å². The minimum atomic E-state index is -4.67. The lowest BCUT2D eigenvalue weighted by Crippen LogP contribution is -2.42. The first kappa shape index (κ1) is 33.5. The van der Waals surface area contributed by atoms with Gasteiger partial charge in [-0.15, -0.1) is 0 Å². The van der Waals surface area contributed by atoms with Gasteiger partial charge in [-0.1, -0.05) is 24.6 Å². The fraction of sp³-hybridized carbons (Fsp3) is 0.156. The molecule has 0 aliphatic carbocycles. The highest BCUT2D eigenvalue weighted by Crippen LogP contribution is 2.36. The average Bonchev–Trinajstić information content (AvgIpc) is 3.03. The van der Waals surface area contributed by atoms with Gasteiger partial charge < -0.3 is 26.0 Å². The van der Waals surface area contributed by atoms with E-state index in [1.54, 1.807) is 42.7 Å². The highest BCUT2D eigenvalue weighted by molar-refractivity contribution is 6.31. The molecule has 238 valence electrons. The van der Waals surface area contributed by atoms with Gasteiger partial charge in [0.15, 0.2) is 0 Å². The van der Waals surface area contributed by atoms with E-state index < -0.39 is 28.7 Å². The van der Waals surface area contributed by atoms with Crippen molar-refractivity contribution in [2.45, 2.75) is 25.6 Å². The maximum Gasteiger partial charge on any atom is 0.417 e. The second-order valence-electron chi connectivity index (χ2n) is 9.72. The predicted octanol–water partition coefficient (Wildman–Crippen LogP) is 6.92. The molecule has 1 atom stereocenters. The number of benzene rings is 2. The van der Waals surface area contributed by atoms with Crippen molar-refractivity contribution in [1.82, 2.24) is 20.6 Å². The van der Waals surface area contributed by atoms with Crippen LogP contribution in [0, 0.1) is 0 Å². The molecule has 0 aliphatic rings. The molecule has 1 unspecified atom stereocenters. The smallest absolute Gasteiger partial charge is 0.417 e. The SMILES string of the molecule is CCC(CNC(=O)c1cc(Oc2ccc(NC(=O)Nc3ccc(Cl)c(C(F)(F)F)c3)cc2)ccn1)NC(=O)C=Cc1cccnc1. The van der Waals surface area contributed by atoms with E-state index >= 15 is 0 Å². The molecule has 2 heterocycles. The molecule has 0 saturated carbocycles. The van der Waals surface area contributed by atoms with Crippen molar-refractivity contribution >= 4 is 46.9 Å². The first-order chi connectivity index (χ1) is 22.0. The summed E-state index contributed by atoms with van der Waals surface area (Å²) in [5.41, 5.74) is 0.0717. The fourth-order valence-corrected chi connectivity index (χ4v) is 4.18. The van der Waals surface area contributed by atoms with Gasteiger partial charge in [0.2, 0.25) is 5.91 Å². The van der Waals surface area contributed by atoms with Crippen LogP contribution in [0.3, 0.4) is 0 Å². The van der Waals surface area contributed by atoms with Crippen LogP contribution in [-0.2, 0) is 11.0 Å². The number of hydrogen-bond acceptors (Lipinski definition) is 6. The lowest BCUT2D eigenvalue weighted by atomic mass is 10.2. The summed E-state index contributed by atoms with van der Waals surface area (Å²) in [6, 6.07) is 14.7. The van der Waals surface area contributed by atoms with E-state index in [1.807, 2.05) is 13.0 Å². The molecule has 14 heteroatoms. The Kier molecular flexibility index (Phi) is 11.3. The molecule has 0 fully saturated rings. The molecule has 0 saturated heterocycles. The van der Waals surface area contributed by atoms with Crippen molar-refractivity contribution < 1.29 is 32.3 Å². The summed E-state index contributed by atoms with van der Waals surface area (Å²) in [5, 5.41) is 9.98. The van der Waals surface area contributed by atoms with Crippen LogP contribution in [0.4, 0.5) is 29.3 Å². The quantitative estimate of drug-likeness (QED) is 0.130. The van der Waals surface area contributed by atoms with Crippen LogP contribution < -0.4 is 26.0 Å². The molecule has 0 aliphatic heterocycles. The van der Waals surface area contributed by atoms with Crippen molar-refractivity contribution in [3.8, 4) is 11.5 Å². The Balaban J connectivity index is 1.27. The molecule has 2 aromatic heterocycles. The number of nitrogens with zero attached hydrogens (tertiary/aromatic N) is 2. The number of anilines is 2. The second kappa shape index (κ2) is 15.5. The van der Waals surface area contributed by atoms with Gasteiger partial charge in [-0.25, -0.2) is 4.79 Å². The van der Waals surface area contributed by atoms with Gasteiger partial charge in [-0.3, -0.25) is 19.6 Å². The number of urea groups is 1. The van der Waals surface area contributed by atoms with Crippen LogP contribution in [0.5, 0.6) is 11.5 Å². The Morgan fingerprint density at radius 1 is 0.957 bits per heavy atom. The third-order valence-corrected chi connectivity index (χ3v) is 6.63. The number of aromatic nitrogens is 2. The average molecular weight is 653 g/mol. The van der Waals surface area contributed by atoms with Crippen molar-refractivity contribution in [2.24, 2.45) is 0 Å². The maximum atomic E-state index is 13.1. The number of alkyl halides is 3. The summed E-state index contributed by atoms with van der Waals surface area (Å²) in [6.45, 7) is 2.06. The fourth-order valence-electron chi connectivity index (χ4n) is 3.95. The van der Waals surface area contributed by atoms with E-state index in [4.69, 9.17) is 16.3 Å². The van der Waals surface area contributed by atoms with Crippen LogP contribution in [-0.4, -0.2) is 40.4 Å². The number of halogens is 4. The molecule has 0 radical (unpaired) electrons. The lowest BCUT2D eigenvalue weighted by molar-refractivity contribution is -0.137. The van der Waals surface area contributed by atoms with Crippen LogP contribution in [0.15, 0.2) is 91.4 Å². The monoisotopic (exact) mass is 652 g/mol. The third-order valence-electron chi connectivity index (χ3n) is 6.30. The van der Waals surface area contributed by atoms with E-state index in [0.29, 0.717) is 23.6 Å². The van der Waals surface area contributed by atoms with Crippen molar-refractivity contribution in [3.63, 3.8) is 0 Å². The number of amides is 4. The van der Waals surface area contributed by atoms with Gasteiger partial charge in [0, 0.05) is 54.7 Å². The number of carbonyl (C=O) groups is 3. The summed E-state index contributed by atoms with van der Waals surface area (Å²) in [4.78, 5) is 45.5. The summed E-state index contributed by atoms with van der Waals surface area (Å²) in [7, 11) is 0. The number of hydrogen-bond donors (Lipinski definition) is 4. The van der Waals surface area contributed by atoms with E-state index in [0.717, 1.165) is 17.7 Å². The van der Waals surface area contributed by atoms with Crippen molar-refractivity contribution in [1.29, 1.82) is 0 Å². The molecule has 0 bridgehead atoms. The van der Waals surface area contributed by atoms with Gasteiger partial charge in [0.05, 0.1) is 10.6 Å². The van der Waals surface area contributed by atoms with Gasteiger partial charge >= 0.3 is 12.2 Å². The maximum absolute atomic E-state index is 13.1. The minimum Gasteiger partial charge on any atom is -0.457 e. The highest BCUT2D eigenvalue weighted by atomic mass is 35.5. The number of carbonyl (C=O) groups excluding carboxylic acids is 3. The summed E-state index contributed by atoms with van der Waals surface area (Å²) >= 11 is 5.61. The number of nitrogens with one attached hydrogen (secondary N) is 4. The van der Waals surface area contributed by atoms with Crippen LogP contribution in [0.25, 0.3) is 6.08 Å². The Morgan fingerprint density at radius 3 is 2.39 bits per heavy atom. The van der Waals surface area contributed by atoms with Gasteiger partial charge in [0.1, 0.15) is 17.2 Å². The number of ether oxygens (including phenoxy) is 1. The van der Waals surface area contributed by atoms with Gasteiger partial charge in [0.25, 0.3) is 5.91 Å². The first-order valence-corrected chi connectivity index (χ1v) is 14.2. The van der Waals surface area contributed by atoms with E-state index in [9.17, 15) is 27.6 Å². The Bertz CT molecular complexity index is 1700. The van der Waals surface area contributed by atoms with E-state index in [-0.39, 0.29) is 29.9 Å². The van der Waals surface area contributed by atoms with Crippen LogP contribution >= 0.6 is 11.6 Å². The highest BCUT2D eigenvalue weighted by Gasteiger charge is 2.33. The van der Waals surface area contributed by atoms with Crippen molar-refractivity contribution in [2.75, 3.05) is 17.2 Å². The zero-order valence-corrected chi connectivity index (χ0v) is 25.0. The zero-order chi connectivity index (χ0) is 33.1. The Labute approximate surface area is 267 Å². The summed E-state index contributed by atoms with van der Waals surface area (Å²) in [6.07, 6.45) is 3.64. The molecule has 10 nitrogen and oxygen atoms in total. The minimum absolute atomic E-state index is 0.0874. The molecule has 0 spiro atoms. The van der Waals surface area contributed by atoms with Crippen molar-refractivity contribution in [3.05, 3.63) is 113 Å². The molecular weight excluding hydrogens is 625 g/mol. The lowest BCUT2D eigenvalue weighted by Gasteiger charge is -2.16. The first-order valence-electron chi connectivity index (χ1n) is 13.9.